The number of hydrogen-bond acceptors (Lipinski definition) is 1. The van der Waals surface area contributed by atoms with Gasteiger partial charge in [-0.15, -0.1) is 0 Å². The summed E-state index contributed by atoms with van der Waals surface area (Å²) >= 11 is 0. The molecular weight excluding hydrogens is 211 g/mol. The fraction of sp³-hybridized carbons (Fsp3) is 0. The minimum absolute atomic E-state index is 1.20. The van der Waals surface area contributed by atoms with Crippen LogP contribution in [0, 0.1) is 29.1 Å². The Kier molecular flexibility index (Phi) is 2.67. The maximum atomic E-state index is 12.5. The molecule has 1 aromatic carbocycles. The molecule has 1 N–H and O–H groups in total. The van der Waals surface area contributed by atoms with Crippen molar-refractivity contribution in [2.75, 3.05) is 0 Å². The zero-order valence-electron chi connectivity index (χ0n) is 5.84. The normalized spacial score (nSPS) is 10.6. The van der Waals surface area contributed by atoms with Gasteiger partial charge in [-0.05, 0) is 0 Å². The van der Waals surface area contributed by atoms with E-state index in [1.54, 1.807) is 0 Å². The van der Waals surface area contributed by atoms with E-state index < -0.39 is 44.0 Å². The van der Waals surface area contributed by atoms with Crippen molar-refractivity contribution in [2.24, 2.45) is 0 Å². The van der Waals surface area contributed by atoms with E-state index in [4.69, 9.17) is 4.80 Å². The predicted octanol–water partition coefficient (Wildman–Crippen LogP) is 0.619. The largest absolute Gasteiger partial charge is 0.427 e. The van der Waals surface area contributed by atoms with E-state index in [1.165, 1.54) is 0 Å². The second-order valence-electron chi connectivity index (χ2n) is 2.06. The van der Waals surface area contributed by atoms with Gasteiger partial charge in [-0.25, -0.2) is 22.0 Å². The van der Waals surface area contributed by atoms with Gasteiger partial charge >= 0.3 is 0 Å². The molecule has 0 spiro atoms. The first-order valence-electron chi connectivity index (χ1n) is 2.92. The third-order valence-corrected chi connectivity index (χ3v) is 1.98. The fourth-order valence-corrected chi connectivity index (χ4v) is 1.12. The van der Waals surface area contributed by atoms with Crippen molar-refractivity contribution in [2.45, 2.75) is 0 Å². The van der Waals surface area contributed by atoms with Gasteiger partial charge < -0.3 is 4.80 Å². The van der Waals surface area contributed by atoms with Crippen LogP contribution in [0.25, 0.3) is 0 Å². The third-order valence-electron chi connectivity index (χ3n) is 1.32. The van der Waals surface area contributed by atoms with E-state index >= 15 is 0 Å². The minimum atomic E-state index is -2.22. The molecule has 7 heteroatoms. The predicted molar refractivity (Wildman–Crippen MR) is 33.8 cm³/mol. The SMILES string of the molecule is O[Si]c1c(F)c(F)c(F)c(F)c1F. The van der Waals surface area contributed by atoms with E-state index in [0.717, 1.165) is 0 Å². The average Bonchev–Trinajstić information content (AvgIpc) is 2.13. The summed E-state index contributed by atoms with van der Waals surface area (Å²) in [6, 6.07) is 0. The number of benzene rings is 1. The molecule has 0 fully saturated rings. The molecule has 0 saturated heterocycles. The molecule has 0 amide bonds. The summed E-state index contributed by atoms with van der Waals surface area (Å²) in [5, 5.41) is -1.20. The van der Waals surface area contributed by atoms with Crippen LogP contribution in [0.15, 0.2) is 0 Å². The summed E-state index contributed by atoms with van der Waals surface area (Å²) in [6.45, 7) is 0. The fourth-order valence-electron chi connectivity index (χ4n) is 0.703. The number of halogens is 5. The van der Waals surface area contributed by atoms with Crippen LogP contribution in [-0.2, 0) is 0 Å². The van der Waals surface area contributed by atoms with E-state index in [1.807, 2.05) is 0 Å². The van der Waals surface area contributed by atoms with Crippen LogP contribution in [0.1, 0.15) is 0 Å². The average molecular weight is 212 g/mol. The van der Waals surface area contributed by atoms with Crippen LogP contribution < -0.4 is 5.19 Å². The van der Waals surface area contributed by atoms with Gasteiger partial charge in [0.1, 0.15) is 0 Å². The maximum absolute atomic E-state index is 12.5. The molecule has 0 aliphatic rings. The molecule has 1 aromatic rings. The molecule has 0 aliphatic heterocycles. The summed E-state index contributed by atoms with van der Waals surface area (Å²) in [4.78, 5) is 8.33. The van der Waals surface area contributed by atoms with Gasteiger partial charge in [-0.2, -0.15) is 0 Å². The lowest BCUT2D eigenvalue weighted by Crippen LogP contribution is -2.27. The lowest BCUT2D eigenvalue weighted by molar-refractivity contribution is 0.383. The summed E-state index contributed by atoms with van der Waals surface area (Å²) in [7, 11) is -1.48. The molecule has 0 aliphatic carbocycles. The van der Waals surface area contributed by atoms with Crippen molar-refractivity contribution in [3.63, 3.8) is 0 Å². The highest BCUT2D eigenvalue weighted by atomic mass is 28.2. The second kappa shape index (κ2) is 3.42. The maximum Gasteiger partial charge on any atom is 0.271 e. The Labute approximate surface area is 71.8 Å². The van der Waals surface area contributed by atoms with Crippen molar-refractivity contribution in [3.8, 4) is 0 Å². The van der Waals surface area contributed by atoms with Crippen LogP contribution >= 0.6 is 0 Å². The first kappa shape index (κ1) is 10.1. The summed E-state index contributed by atoms with van der Waals surface area (Å²) < 4.78 is 62.0. The van der Waals surface area contributed by atoms with Crippen molar-refractivity contribution in [3.05, 3.63) is 29.1 Å². The summed E-state index contributed by atoms with van der Waals surface area (Å²) in [5.74, 6) is -10.3. The number of rotatable bonds is 1. The Hall–Kier alpha value is -0.953. The molecule has 0 unspecified atom stereocenters. The molecule has 0 aromatic heterocycles. The van der Waals surface area contributed by atoms with Gasteiger partial charge in [0.25, 0.3) is 9.76 Å². The van der Waals surface area contributed by atoms with Gasteiger partial charge in [0.05, 0.1) is 0 Å². The van der Waals surface area contributed by atoms with Crippen molar-refractivity contribution < 1.29 is 26.7 Å². The zero-order valence-corrected chi connectivity index (χ0v) is 6.84. The molecule has 1 nitrogen and oxygen atoms in total. The van der Waals surface area contributed by atoms with E-state index in [0.29, 0.717) is 0 Å². The Balaban J connectivity index is 3.56. The highest BCUT2D eigenvalue weighted by molar-refractivity contribution is 6.45. The lowest BCUT2D eigenvalue weighted by Gasteiger charge is -2.03. The molecule has 70 valence electrons. The highest BCUT2D eigenvalue weighted by Gasteiger charge is 2.25. The van der Waals surface area contributed by atoms with Crippen LogP contribution in [0.4, 0.5) is 22.0 Å². The van der Waals surface area contributed by atoms with Crippen molar-refractivity contribution >= 4 is 14.9 Å². The standard InChI is InChI=1S/C6HF5OSi/c7-1-2(8)4(10)6(13-12)5(11)3(1)9/h12H. The third kappa shape index (κ3) is 1.44. The monoisotopic (exact) mass is 212 g/mol. The molecule has 0 atom stereocenters. The molecule has 13 heavy (non-hydrogen) atoms. The van der Waals surface area contributed by atoms with E-state index in [2.05, 4.69) is 0 Å². The van der Waals surface area contributed by atoms with Crippen LogP contribution in [0.2, 0.25) is 0 Å². The first-order chi connectivity index (χ1) is 6.00. The van der Waals surface area contributed by atoms with Gasteiger partial charge in [-0.3, -0.25) is 0 Å². The number of hydrogen-bond donors (Lipinski definition) is 1. The second-order valence-corrected chi connectivity index (χ2v) is 2.78. The molecule has 0 heterocycles. The molecular formula is C6HF5OSi. The quantitative estimate of drug-likeness (QED) is 0.313. The highest BCUT2D eigenvalue weighted by Crippen LogP contribution is 2.15. The Morgan fingerprint density at radius 1 is 0.692 bits per heavy atom. The van der Waals surface area contributed by atoms with Crippen molar-refractivity contribution in [1.82, 2.24) is 0 Å². The van der Waals surface area contributed by atoms with Gasteiger partial charge in [0.15, 0.2) is 23.3 Å². The zero-order chi connectivity index (χ0) is 10.2. The Morgan fingerprint density at radius 3 is 1.31 bits per heavy atom. The van der Waals surface area contributed by atoms with Crippen LogP contribution in [0.5, 0.6) is 0 Å². The van der Waals surface area contributed by atoms with Gasteiger partial charge in [-0.1, -0.05) is 0 Å². The molecule has 1 rings (SSSR count). The molecule has 0 saturated carbocycles. The molecule has 0 bridgehead atoms. The summed E-state index contributed by atoms with van der Waals surface area (Å²) in [5.41, 5.74) is 0. The topological polar surface area (TPSA) is 20.2 Å². The minimum Gasteiger partial charge on any atom is -0.427 e. The molecule has 2 radical (unpaired) electrons. The van der Waals surface area contributed by atoms with E-state index in [9.17, 15) is 22.0 Å². The van der Waals surface area contributed by atoms with Crippen LogP contribution in [0.3, 0.4) is 0 Å². The van der Waals surface area contributed by atoms with Gasteiger partial charge in [0, 0.05) is 5.19 Å². The first-order valence-corrected chi connectivity index (χ1v) is 3.87. The van der Waals surface area contributed by atoms with Crippen LogP contribution in [-0.4, -0.2) is 14.6 Å². The summed E-state index contributed by atoms with van der Waals surface area (Å²) in [6.07, 6.45) is 0. The van der Waals surface area contributed by atoms with Gasteiger partial charge in [0.2, 0.25) is 5.82 Å². The smallest absolute Gasteiger partial charge is 0.271 e. The Morgan fingerprint density at radius 2 is 1.00 bits per heavy atom. The Bertz CT molecular complexity index is 324. The lowest BCUT2D eigenvalue weighted by atomic mass is 10.3. The van der Waals surface area contributed by atoms with Crippen molar-refractivity contribution in [1.29, 1.82) is 0 Å². The van der Waals surface area contributed by atoms with E-state index in [-0.39, 0.29) is 0 Å².